The number of fused-ring (bicyclic) bond motifs is 1. The number of aromatic nitrogens is 3. The number of benzene rings is 1. The molecule has 106 valence electrons. The maximum absolute atomic E-state index is 6.11. The monoisotopic (exact) mass is 272 g/mol. The molecule has 5 nitrogen and oxygen atoms in total. The number of ether oxygens (including phenoxy) is 1. The third-order valence-corrected chi connectivity index (χ3v) is 4.20. The van der Waals surface area contributed by atoms with E-state index >= 15 is 0 Å². The second-order valence-electron chi connectivity index (χ2n) is 5.90. The second-order valence-corrected chi connectivity index (χ2v) is 5.90. The fourth-order valence-corrected chi connectivity index (χ4v) is 2.90. The van der Waals surface area contributed by atoms with Gasteiger partial charge in [0.1, 0.15) is 5.52 Å². The molecule has 5 heteroatoms. The lowest BCUT2D eigenvalue weighted by molar-refractivity contribution is 0.0344. The Morgan fingerprint density at radius 3 is 2.90 bits per heavy atom. The summed E-state index contributed by atoms with van der Waals surface area (Å²) in [6.45, 7) is 1.81. The Morgan fingerprint density at radius 1 is 1.15 bits per heavy atom. The summed E-state index contributed by atoms with van der Waals surface area (Å²) in [5.74, 6) is 0. The molecule has 1 aromatic carbocycles. The van der Waals surface area contributed by atoms with E-state index in [0.717, 1.165) is 43.0 Å². The molecule has 1 aliphatic carbocycles. The summed E-state index contributed by atoms with van der Waals surface area (Å²) >= 11 is 0. The predicted octanol–water partition coefficient (Wildman–Crippen LogP) is 1.73. The molecule has 0 radical (unpaired) electrons. The van der Waals surface area contributed by atoms with Crippen LogP contribution in [0.2, 0.25) is 0 Å². The summed E-state index contributed by atoms with van der Waals surface area (Å²) < 4.78 is 8.08. The molecule has 4 rings (SSSR count). The highest BCUT2D eigenvalue weighted by molar-refractivity contribution is 5.73. The van der Waals surface area contributed by atoms with Crippen LogP contribution >= 0.6 is 0 Å². The van der Waals surface area contributed by atoms with Crippen LogP contribution in [0.25, 0.3) is 11.0 Å². The van der Waals surface area contributed by atoms with E-state index in [-0.39, 0.29) is 6.10 Å². The van der Waals surface area contributed by atoms with E-state index in [1.165, 1.54) is 12.8 Å². The molecule has 2 atom stereocenters. The van der Waals surface area contributed by atoms with Gasteiger partial charge in [0, 0.05) is 12.6 Å². The lowest BCUT2D eigenvalue weighted by Gasteiger charge is -2.14. The molecular formula is C15H20N4O. The van der Waals surface area contributed by atoms with Crippen molar-refractivity contribution in [1.82, 2.24) is 20.3 Å². The molecule has 1 aromatic heterocycles. The smallest absolute Gasteiger partial charge is 0.113 e. The number of rotatable bonds is 5. The third kappa shape index (κ3) is 2.55. The van der Waals surface area contributed by atoms with Gasteiger partial charge in [-0.25, -0.2) is 4.68 Å². The summed E-state index contributed by atoms with van der Waals surface area (Å²) in [6, 6.07) is 8.84. The van der Waals surface area contributed by atoms with Crippen LogP contribution in [-0.2, 0) is 11.3 Å². The maximum Gasteiger partial charge on any atom is 0.113 e. The quantitative estimate of drug-likeness (QED) is 0.900. The standard InChI is InChI=1S/C15H20N4O/c1-2-4-15-14(3-1)17-18-19(15)10-13-8-7-12(20-13)9-16-11-5-6-11/h1-4,11-13,16H,5-10H2. The van der Waals surface area contributed by atoms with E-state index in [4.69, 9.17) is 4.74 Å². The third-order valence-electron chi connectivity index (χ3n) is 4.20. The van der Waals surface area contributed by atoms with E-state index in [1.807, 2.05) is 22.9 Å². The molecule has 2 aromatic rings. The zero-order valence-electron chi connectivity index (χ0n) is 11.5. The average molecular weight is 272 g/mol. The summed E-state index contributed by atoms with van der Waals surface area (Å²) in [5.41, 5.74) is 2.05. The SMILES string of the molecule is c1ccc2c(c1)nnn2CC1CCC(CNC2CC2)O1. The van der Waals surface area contributed by atoms with Gasteiger partial charge in [0.2, 0.25) is 0 Å². The van der Waals surface area contributed by atoms with Crippen LogP contribution in [0.3, 0.4) is 0 Å². The van der Waals surface area contributed by atoms with Gasteiger partial charge in [-0.05, 0) is 37.8 Å². The molecule has 0 amide bonds. The Labute approximate surface area is 118 Å². The van der Waals surface area contributed by atoms with Crippen molar-refractivity contribution in [2.24, 2.45) is 0 Å². The number of nitrogens with zero attached hydrogens (tertiary/aromatic N) is 3. The molecule has 2 aliphatic rings. The van der Waals surface area contributed by atoms with Gasteiger partial charge in [0.05, 0.1) is 24.3 Å². The number of hydrogen-bond donors (Lipinski definition) is 1. The van der Waals surface area contributed by atoms with E-state index in [9.17, 15) is 0 Å². The Bertz CT molecular complexity index is 592. The Kier molecular flexibility index (Phi) is 3.16. The molecule has 1 saturated heterocycles. The Morgan fingerprint density at radius 2 is 2.00 bits per heavy atom. The largest absolute Gasteiger partial charge is 0.372 e. The summed E-state index contributed by atoms with van der Waals surface area (Å²) in [6.07, 6.45) is 5.58. The van der Waals surface area contributed by atoms with Crippen LogP contribution in [0.1, 0.15) is 25.7 Å². The van der Waals surface area contributed by atoms with Crippen molar-refractivity contribution in [3.8, 4) is 0 Å². The first-order valence-corrected chi connectivity index (χ1v) is 7.55. The minimum absolute atomic E-state index is 0.270. The summed E-state index contributed by atoms with van der Waals surface area (Å²) in [4.78, 5) is 0. The maximum atomic E-state index is 6.11. The summed E-state index contributed by atoms with van der Waals surface area (Å²) in [5, 5.41) is 12.0. The molecule has 20 heavy (non-hydrogen) atoms. The van der Waals surface area contributed by atoms with Crippen molar-refractivity contribution in [2.75, 3.05) is 6.54 Å². The minimum Gasteiger partial charge on any atom is -0.372 e. The van der Waals surface area contributed by atoms with Gasteiger partial charge in [-0.3, -0.25) is 0 Å². The van der Waals surface area contributed by atoms with E-state index in [1.54, 1.807) is 0 Å². The van der Waals surface area contributed by atoms with Crippen LogP contribution in [0.4, 0.5) is 0 Å². The number of nitrogens with one attached hydrogen (secondary N) is 1. The molecule has 2 unspecified atom stereocenters. The zero-order valence-corrected chi connectivity index (χ0v) is 11.5. The molecule has 2 heterocycles. The number of para-hydroxylation sites is 1. The van der Waals surface area contributed by atoms with Gasteiger partial charge < -0.3 is 10.1 Å². The van der Waals surface area contributed by atoms with Crippen LogP contribution in [0.5, 0.6) is 0 Å². The fourth-order valence-electron chi connectivity index (χ4n) is 2.90. The lowest BCUT2D eigenvalue weighted by Crippen LogP contribution is -2.29. The molecule has 1 aliphatic heterocycles. The van der Waals surface area contributed by atoms with Crippen molar-refractivity contribution >= 4 is 11.0 Å². The first-order chi connectivity index (χ1) is 9.88. The lowest BCUT2D eigenvalue weighted by atomic mass is 10.2. The van der Waals surface area contributed by atoms with Crippen LogP contribution < -0.4 is 5.32 Å². The molecule has 2 fully saturated rings. The molecule has 1 saturated carbocycles. The average Bonchev–Trinajstić information content (AvgIpc) is 3.06. The van der Waals surface area contributed by atoms with Crippen molar-refractivity contribution in [3.63, 3.8) is 0 Å². The molecular weight excluding hydrogens is 252 g/mol. The Balaban J connectivity index is 1.37. The minimum atomic E-state index is 0.270. The van der Waals surface area contributed by atoms with Crippen molar-refractivity contribution < 1.29 is 4.74 Å². The number of hydrogen-bond acceptors (Lipinski definition) is 4. The van der Waals surface area contributed by atoms with Crippen molar-refractivity contribution in [2.45, 2.75) is 50.5 Å². The zero-order chi connectivity index (χ0) is 13.4. The Hall–Kier alpha value is -1.46. The van der Waals surface area contributed by atoms with Crippen molar-refractivity contribution in [1.29, 1.82) is 0 Å². The predicted molar refractivity (Wildman–Crippen MR) is 76.4 cm³/mol. The van der Waals surface area contributed by atoms with Gasteiger partial charge in [-0.15, -0.1) is 5.10 Å². The van der Waals surface area contributed by atoms with Gasteiger partial charge >= 0.3 is 0 Å². The van der Waals surface area contributed by atoms with Gasteiger partial charge in [0.15, 0.2) is 0 Å². The molecule has 0 bridgehead atoms. The highest BCUT2D eigenvalue weighted by Crippen LogP contribution is 2.24. The van der Waals surface area contributed by atoms with Gasteiger partial charge in [-0.1, -0.05) is 17.3 Å². The van der Waals surface area contributed by atoms with Crippen molar-refractivity contribution in [3.05, 3.63) is 24.3 Å². The second kappa shape index (κ2) is 5.14. The molecule has 0 spiro atoms. The highest BCUT2D eigenvalue weighted by Gasteiger charge is 2.28. The molecule has 1 N–H and O–H groups in total. The van der Waals surface area contributed by atoms with Gasteiger partial charge in [0.25, 0.3) is 0 Å². The van der Waals surface area contributed by atoms with E-state index in [0.29, 0.717) is 6.10 Å². The normalized spacial score (nSPS) is 26.4. The summed E-state index contributed by atoms with van der Waals surface area (Å²) in [7, 11) is 0. The van der Waals surface area contributed by atoms with Gasteiger partial charge in [-0.2, -0.15) is 0 Å². The highest BCUT2D eigenvalue weighted by atomic mass is 16.5. The fraction of sp³-hybridized carbons (Fsp3) is 0.600. The van der Waals surface area contributed by atoms with Crippen LogP contribution in [-0.4, -0.2) is 39.8 Å². The van der Waals surface area contributed by atoms with Crippen LogP contribution in [0.15, 0.2) is 24.3 Å². The first-order valence-electron chi connectivity index (χ1n) is 7.55. The van der Waals surface area contributed by atoms with E-state index in [2.05, 4.69) is 21.7 Å². The van der Waals surface area contributed by atoms with E-state index < -0.39 is 0 Å². The topological polar surface area (TPSA) is 52.0 Å². The first kappa shape index (κ1) is 12.3. The van der Waals surface area contributed by atoms with Crippen LogP contribution in [0, 0.1) is 0 Å².